The number of allylic oxidation sites excluding steroid dienone is 1. The van der Waals surface area contributed by atoms with Crippen molar-refractivity contribution in [2.75, 3.05) is 12.4 Å². The van der Waals surface area contributed by atoms with Crippen LogP contribution >= 0.6 is 15.9 Å². The molecule has 3 heteroatoms. The molecule has 0 aromatic heterocycles. The first-order valence-corrected chi connectivity index (χ1v) is 6.08. The van der Waals surface area contributed by atoms with Crippen molar-refractivity contribution >= 4 is 21.9 Å². The normalized spacial score (nSPS) is 26.6. The molecule has 0 heterocycles. The van der Waals surface area contributed by atoms with Crippen LogP contribution in [0.5, 0.6) is 0 Å². The average Bonchev–Trinajstić information content (AvgIpc) is 2.57. The molecular weight excluding hydrogens is 244 g/mol. The quantitative estimate of drug-likeness (QED) is 0.441. The van der Waals surface area contributed by atoms with Crippen LogP contribution < -0.4 is 0 Å². The van der Waals surface area contributed by atoms with Crippen molar-refractivity contribution in [2.24, 2.45) is 5.41 Å². The Morgan fingerprint density at radius 2 is 2.43 bits per heavy atom. The summed E-state index contributed by atoms with van der Waals surface area (Å²) in [5.74, 6) is -0.0582. The van der Waals surface area contributed by atoms with E-state index in [0.29, 0.717) is 0 Å². The minimum Gasteiger partial charge on any atom is -0.469 e. The monoisotopic (exact) mass is 260 g/mol. The Labute approximate surface area is 93.8 Å². The van der Waals surface area contributed by atoms with E-state index in [-0.39, 0.29) is 11.4 Å². The van der Waals surface area contributed by atoms with Gasteiger partial charge in [-0.15, -0.1) is 0 Å². The number of halogens is 1. The first kappa shape index (κ1) is 11.8. The first-order valence-electron chi connectivity index (χ1n) is 4.96. The number of alkyl halides is 1. The average molecular weight is 261 g/mol. The molecule has 1 aliphatic rings. The van der Waals surface area contributed by atoms with Crippen LogP contribution in [0.15, 0.2) is 12.2 Å². The van der Waals surface area contributed by atoms with Gasteiger partial charge in [0.25, 0.3) is 0 Å². The van der Waals surface area contributed by atoms with Gasteiger partial charge >= 0.3 is 5.97 Å². The molecule has 0 bridgehead atoms. The molecule has 0 amide bonds. The van der Waals surface area contributed by atoms with Crippen LogP contribution in [0.1, 0.15) is 32.1 Å². The molecule has 0 aliphatic heterocycles. The van der Waals surface area contributed by atoms with E-state index in [1.54, 1.807) is 0 Å². The molecule has 0 saturated heterocycles. The lowest BCUT2D eigenvalue weighted by Crippen LogP contribution is -2.29. The summed E-state index contributed by atoms with van der Waals surface area (Å²) in [6, 6.07) is 0. The number of ether oxygens (including phenoxy) is 1. The molecular formula is C11H17BrO2. The van der Waals surface area contributed by atoms with Gasteiger partial charge in [-0.25, -0.2) is 0 Å². The van der Waals surface area contributed by atoms with Crippen LogP contribution in [0.3, 0.4) is 0 Å². The van der Waals surface area contributed by atoms with Crippen molar-refractivity contribution in [3.63, 3.8) is 0 Å². The molecule has 1 aliphatic carbocycles. The summed E-state index contributed by atoms with van der Waals surface area (Å²) in [7, 11) is 1.47. The maximum atomic E-state index is 11.7. The lowest BCUT2D eigenvalue weighted by atomic mass is 9.81. The third-order valence-electron chi connectivity index (χ3n) is 2.95. The summed E-state index contributed by atoms with van der Waals surface area (Å²) in [4.78, 5) is 11.7. The van der Waals surface area contributed by atoms with Gasteiger partial charge in [0.15, 0.2) is 0 Å². The highest BCUT2D eigenvalue weighted by Gasteiger charge is 2.42. The molecule has 80 valence electrons. The van der Waals surface area contributed by atoms with E-state index in [0.717, 1.165) is 37.4 Å². The first-order chi connectivity index (χ1) is 6.64. The number of hydrogen-bond acceptors (Lipinski definition) is 2. The fraction of sp³-hybridized carbons (Fsp3) is 0.727. The fourth-order valence-electron chi connectivity index (χ4n) is 2.18. The number of carbonyl (C=O) groups excluding carboxylic acids is 1. The maximum Gasteiger partial charge on any atom is 0.312 e. The Morgan fingerprint density at radius 3 is 2.86 bits per heavy atom. The molecule has 0 N–H and O–H groups in total. The van der Waals surface area contributed by atoms with Crippen LogP contribution in [0.25, 0.3) is 0 Å². The number of rotatable bonds is 4. The second kappa shape index (κ2) is 4.96. The number of esters is 1. The third-order valence-corrected chi connectivity index (χ3v) is 3.51. The molecule has 14 heavy (non-hydrogen) atoms. The van der Waals surface area contributed by atoms with Crippen molar-refractivity contribution in [3.05, 3.63) is 12.2 Å². The molecule has 0 aromatic carbocycles. The highest BCUT2D eigenvalue weighted by Crippen LogP contribution is 2.45. The van der Waals surface area contributed by atoms with Crippen molar-refractivity contribution in [1.29, 1.82) is 0 Å². The molecule has 1 atom stereocenters. The van der Waals surface area contributed by atoms with Crippen LogP contribution in [-0.2, 0) is 9.53 Å². The predicted octanol–water partition coefficient (Wildman–Crippen LogP) is 3.06. The molecule has 1 saturated carbocycles. The minimum atomic E-state index is -0.264. The van der Waals surface area contributed by atoms with Gasteiger partial charge in [0, 0.05) is 5.33 Å². The van der Waals surface area contributed by atoms with Gasteiger partial charge < -0.3 is 4.74 Å². The Balaban J connectivity index is 2.69. The summed E-state index contributed by atoms with van der Waals surface area (Å²) in [5.41, 5.74) is 0.921. The van der Waals surface area contributed by atoms with E-state index < -0.39 is 0 Å². The molecule has 1 rings (SSSR count). The van der Waals surface area contributed by atoms with Crippen LogP contribution in [0.2, 0.25) is 0 Å². The summed E-state index contributed by atoms with van der Waals surface area (Å²) in [6.45, 7) is 3.95. The topological polar surface area (TPSA) is 26.3 Å². The summed E-state index contributed by atoms with van der Waals surface area (Å²) >= 11 is 3.39. The van der Waals surface area contributed by atoms with E-state index in [4.69, 9.17) is 4.74 Å². The van der Waals surface area contributed by atoms with Gasteiger partial charge in [-0.3, -0.25) is 4.79 Å². The smallest absolute Gasteiger partial charge is 0.312 e. The van der Waals surface area contributed by atoms with Crippen molar-refractivity contribution < 1.29 is 9.53 Å². The van der Waals surface area contributed by atoms with Crippen LogP contribution in [-0.4, -0.2) is 18.4 Å². The van der Waals surface area contributed by atoms with E-state index in [2.05, 4.69) is 22.5 Å². The molecule has 1 unspecified atom stereocenters. The van der Waals surface area contributed by atoms with Crippen molar-refractivity contribution in [1.82, 2.24) is 0 Å². The molecule has 1 fully saturated rings. The summed E-state index contributed by atoms with van der Waals surface area (Å²) in [6.07, 6.45) is 4.61. The van der Waals surface area contributed by atoms with Crippen molar-refractivity contribution in [2.45, 2.75) is 32.1 Å². The zero-order valence-corrected chi connectivity index (χ0v) is 10.2. The largest absolute Gasteiger partial charge is 0.469 e. The second-order valence-corrected chi connectivity index (χ2v) is 4.78. The number of methoxy groups -OCH3 is 1. The zero-order valence-electron chi connectivity index (χ0n) is 8.64. The Kier molecular flexibility index (Phi) is 4.17. The molecule has 0 radical (unpaired) electrons. The van der Waals surface area contributed by atoms with E-state index in [1.165, 1.54) is 12.7 Å². The highest BCUT2D eigenvalue weighted by molar-refractivity contribution is 9.09. The van der Waals surface area contributed by atoms with Gasteiger partial charge in [-0.2, -0.15) is 0 Å². The predicted molar refractivity (Wildman–Crippen MR) is 60.5 cm³/mol. The van der Waals surface area contributed by atoms with E-state index in [9.17, 15) is 4.79 Å². The fourth-order valence-corrected chi connectivity index (χ4v) is 2.46. The van der Waals surface area contributed by atoms with Gasteiger partial charge in [0.05, 0.1) is 12.5 Å². The number of hydrogen-bond donors (Lipinski definition) is 0. The Morgan fingerprint density at radius 1 is 1.71 bits per heavy atom. The third kappa shape index (κ3) is 2.38. The molecule has 0 aromatic rings. The maximum absolute atomic E-state index is 11.7. The van der Waals surface area contributed by atoms with Crippen LogP contribution in [0, 0.1) is 5.41 Å². The zero-order chi connectivity index (χ0) is 10.6. The van der Waals surface area contributed by atoms with E-state index in [1.807, 2.05) is 0 Å². The van der Waals surface area contributed by atoms with Crippen molar-refractivity contribution in [3.8, 4) is 0 Å². The van der Waals surface area contributed by atoms with Crippen LogP contribution in [0.4, 0.5) is 0 Å². The van der Waals surface area contributed by atoms with Gasteiger partial charge in [-0.05, 0) is 32.1 Å². The Hall–Kier alpha value is -0.310. The summed E-state index contributed by atoms with van der Waals surface area (Å²) < 4.78 is 4.89. The van der Waals surface area contributed by atoms with E-state index >= 15 is 0 Å². The molecule has 0 spiro atoms. The lowest BCUT2D eigenvalue weighted by Gasteiger charge is -2.25. The Bertz CT molecular complexity index is 237. The number of carbonyl (C=O) groups is 1. The minimum absolute atomic E-state index is 0.0582. The standard InChI is InChI=1S/C11H17BrO2/c1-9-4-6-11(8-9,5-3-7-12)10(13)14-2/h1,3-8H2,2H3. The van der Waals surface area contributed by atoms with Gasteiger partial charge in [0.2, 0.25) is 0 Å². The SMILES string of the molecule is C=C1CCC(CCCBr)(C(=O)OC)C1. The van der Waals surface area contributed by atoms with Gasteiger partial charge in [-0.1, -0.05) is 28.1 Å². The second-order valence-electron chi connectivity index (χ2n) is 3.99. The summed E-state index contributed by atoms with van der Waals surface area (Å²) in [5, 5.41) is 0.943. The lowest BCUT2D eigenvalue weighted by molar-refractivity contribution is -0.152. The molecule has 2 nitrogen and oxygen atoms in total. The highest BCUT2D eigenvalue weighted by atomic mass is 79.9. The van der Waals surface area contributed by atoms with Gasteiger partial charge in [0.1, 0.15) is 0 Å².